The van der Waals surface area contributed by atoms with E-state index >= 15 is 0 Å². The number of rotatable bonds is 4. The quantitative estimate of drug-likeness (QED) is 0.820. The summed E-state index contributed by atoms with van der Waals surface area (Å²) in [5.74, 6) is 0. The molecule has 15 heavy (non-hydrogen) atoms. The number of hydrogen-bond acceptors (Lipinski definition) is 3. The van der Waals surface area contributed by atoms with E-state index in [1.807, 2.05) is 19.1 Å². The lowest BCUT2D eigenvalue weighted by Crippen LogP contribution is -2.23. The third-order valence-electron chi connectivity index (χ3n) is 2.13. The largest absolute Gasteiger partial charge is 0.395 e. The standard InChI is InChI=1S/C11H13ClN2O/c1-8-6-9(12)2-3-10(8)11(7-13)14-4-5-15/h2-3,6,11,14-15H,4-5H2,1H3. The zero-order valence-electron chi connectivity index (χ0n) is 8.50. The second-order valence-corrected chi connectivity index (χ2v) is 3.68. The van der Waals surface area contributed by atoms with Crippen LogP contribution in [0.1, 0.15) is 17.2 Å². The number of hydrogen-bond donors (Lipinski definition) is 2. The Morgan fingerprint density at radius 2 is 2.33 bits per heavy atom. The fraction of sp³-hybridized carbons (Fsp3) is 0.364. The minimum Gasteiger partial charge on any atom is -0.395 e. The van der Waals surface area contributed by atoms with Crippen LogP contribution in [0.25, 0.3) is 0 Å². The van der Waals surface area contributed by atoms with Crippen LogP contribution in [0.4, 0.5) is 0 Å². The van der Waals surface area contributed by atoms with Crippen LogP contribution in [0.15, 0.2) is 18.2 Å². The van der Waals surface area contributed by atoms with Gasteiger partial charge in [0, 0.05) is 11.6 Å². The molecule has 0 amide bonds. The van der Waals surface area contributed by atoms with Crippen molar-refractivity contribution in [2.75, 3.05) is 13.2 Å². The van der Waals surface area contributed by atoms with Gasteiger partial charge < -0.3 is 5.11 Å². The average molecular weight is 225 g/mol. The smallest absolute Gasteiger partial charge is 0.121 e. The molecule has 1 aromatic rings. The first kappa shape index (κ1) is 12.0. The second kappa shape index (κ2) is 5.72. The van der Waals surface area contributed by atoms with Gasteiger partial charge in [-0.15, -0.1) is 0 Å². The summed E-state index contributed by atoms with van der Waals surface area (Å²) in [6.07, 6.45) is 0. The molecule has 0 saturated carbocycles. The zero-order chi connectivity index (χ0) is 11.3. The number of benzene rings is 1. The molecule has 0 aliphatic rings. The molecule has 80 valence electrons. The van der Waals surface area contributed by atoms with E-state index in [2.05, 4.69) is 11.4 Å². The van der Waals surface area contributed by atoms with Gasteiger partial charge in [0.05, 0.1) is 12.7 Å². The summed E-state index contributed by atoms with van der Waals surface area (Å²) in [5, 5.41) is 21.3. The molecular formula is C11H13ClN2O. The summed E-state index contributed by atoms with van der Waals surface area (Å²) >= 11 is 5.83. The number of halogens is 1. The molecule has 0 aromatic heterocycles. The van der Waals surface area contributed by atoms with Crippen LogP contribution in [0, 0.1) is 18.3 Å². The van der Waals surface area contributed by atoms with Crippen LogP contribution < -0.4 is 5.32 Å². The molecule has 3 nitrogen and oxygen atoms in total. The minimum absolute atomic E-state index is 0.0187. The van der Waals surface area contributed by atoms with Gasteiger partial charge in [-0.05, 0) is 30.2 Å². The second-order valence-electron chi connectivity index (χ2n) is 3.24. The molecular weight excluding hydrogens is 212 g/mol. The topological polar surface area (TPSA) is 56.0 Å². The Kier molecular flexibility index (Phi) is 4.57. The molecule has 1 rings (SSSR count). The van der Waals surface area contributed by atoms with Gasteiger partial charge >= 0.3 is 0 Å². The molecule has 0 spiro atoms. The van der Waals surface area contributed by atoms with E-state index in [0.29, 0.717) is 11.6 Å². The maximum atomic E-state index is 8.97. The van der Waals surface area contributed by atoms with Gasteiger partial charge in [-0.2, -0.15) is 5.26 Å². The van der Waals surface area contributed by atoms with Crippen molar-refractivity contribution in [3.05, 3.63) is 34.3 Å². The molecule has 2 N–H and O–H groups in total. The van der Waals surface area contributed by atoms with Gasteiger partial charge in [-0.3, -0.25) is 5.32 Å². The Hall–Kier alpha value is -1.08. The van der Waals surface area contributed by atoms with Crippen molar-refractivity contribution >= 4 is 11.6 Å². The SMILES string of the molecule is Cc1cc(Cl)ccc1C(C#N)NCCO. The third kappa shape index (κ3) is 3.21. The number of nitriles is 1. The summed E-state index contributed by atoms with van der Waals surface area (Å²) in [7, 11) is 0. The van der Waals surface area contributed by atoms with Gasteiger partial charge in [-0.1, -0.05) is 17.7 Å². The number of aliphatic hydroxyl groups excluding tert-OH is 1. The first-order valence-electron chi connectivity index (χ1n) is 4.69. The Morgan fingerprint density at radius 1 is 1.60 bits per heavy atom. The first-order chi connectivity index (χ1) is 7.19. The van der Waals surface area contributed by atoms with E-state index in [9.17, 15) is 0 Å². The molecule has 0 radical (unpaired) electrons. The summed E-state index contributed by atoms with van der Waals surface area (Å²) in [4.78, 5) is 0. The Balaban J connectivity index is 2.88. The summed E-state index contributed by atoms with van der Waals surface area (Å²) < 4.78 is 0. The van der Waals surface area contributed by atoms with Crippen LogP contribution in [0.2, 0.25) is 5.02 Å². The lowest BCUT2D eigenvalue weighted by atomic mass is 10.0. The highest BCUT2D eigenvalue weighted by Crippen LogP contribution is 2.20. The van der Waals surface area contributed by atoms with E-state index in [1.54, 1.807) is 6.07 Å². The van der Waals surface area contributed by atoms with Crippen molar-refractivity contribution in [2.45, 2.75) is 13.0 Å². The van der Waals surface area contributed by atoms with E-state index in [-0.39, 0.29) is 6.61 Å². The van der Waals surface area contributed by atoms with E-state index in [1.165, 1.54) is 0 Å². The molecule has 0 heterocycles. The number of nitrogens with one attached hydrogen (secondary N) is 1. The van der Waals surface area contributed by atoms with E-state index < -0.39 is 6.04 Å². The van der Waals surface area contributed by atoms with Crippen molar-refractivity contribution in [1.82, 2.24) is 5.32 Å². The molecule has 1 unspecified atom stereocenters. The minimum atomic E-state index is -0.394. The molecule has 0 bridgehead atoms. The van der Waals surface area contributed by atoms with Gasteiger partial charge in [0.1, 0.15) is 6.04 Å². The monoisotopic (exact) mass is 224 g/mol. The van der Waals surface area contributed by atoms with Crippen LogP contribution in [0.5, 0.6) is 0 Å². The normalized spacial score (nSPS) is 12.1. The van der Waals surface area contributed by atoms with Gasteiger partial charge in [0.15, 0.2) is 0 Å². The summed E-state index contributed by atoms with van der Waals surface area (Å²) in [6, 6.07) is 7.16. The number of aliphatic hydroxyl groups is 1. The van der Waals surface area contributed by atoms with Crippen LogP contribution >= 0.6 is 11.6 Å². The molecule has 4 heteroatoms. The Morgan fingerprint density at radius 3 is 2.87 bits per heavy atom. The summed E-state index contributed by atoms with van der Waals surface area (Å²) in [5.41, 5.74) is 1.87. The predicted molar refractivity (Wildman–Crippen MR) is 59.6 cm³/mol. The highest BCUT2D eigenvalue weighted by Gasteiger charge is 2.11. The third-order valence-corrected chi connectivity index (χ3v) is 2.37. The van der Waals surface area contributed by atoms with Crippen molar-refractivity contribution in [2.24, 2.45) is 0 Å². The van der Waals surface area contributed by atoms with Crippen molar-refractivity contribution in [3.8, 4) is 6.07 Å². The van der Waals surface area contributed by atoms with Crippen molar-refractivity contribution < 1.29 is 5.11 Å². The highest BCUT2D eigenvalue weighted by molar-refractivity contribution is 6.30. The van der Waals surface area contributed by atoms with Crippen LogP contribution in [0.3, 0.4) is 0 Å². The number of nitrogens with zero attached hydrogens (tertiary/aromatic N) is 1. The van der Waals surface area contributed by atoms with Crippen LogP contribution in [-0.4, -0.2) is 18.3 Å². The Labute approximate surface area is 94.3 Å². The molecule has 0 saturated heterocycles. The van der Waals surface area contributed by atoms with E-state index in [4.69, 9.17) is 22.0 Å². The fourth-order valence-corrected chi connectivity index (χ4v) is 1.62. The Bertz CT molecular complexity index is 373. The van der Waals surface area contributed by atoms with E-state index in [0.717, 1.165) is 11.1 Å². The molecule has 0 fully saturated rings. The lowest BCUT2D eigenvalue weighted by Gasteiger charge is -2.13. The van der Waals surface area contributed by atoms with Gasteiger partial charge in [0.25, 0.3) is 0 Å². The number of aryl methyl sites for hydroxylation is 1. The molecule has 0 aliphatic carbocycles. The molecule has 1 atom stereocenters. The summed E-state index contributed by atoms with van der Waals surface area (Å²) in [6.45, 7) is 2.33. The maximum absolute atomic E-state index is 8.97. The highest BCUT2D eigenvalue weighted by atomic mass is 35.5. The molecule has 1 aromatic carbocycles. The fourth-order valence-electron chi connectivity index (χ4n) is 1.40. The van der Waals surface area contributed by atoms with Crippen molar-refractivity contribution in [1.29, 1.82) is 5.26 Å². The predicted octanol–water partition coefficient (Wildman–Crippen LogP) is 1.79. The lowest BCUT2D eigenvalue weighted by molar-refractivity contribution is 0.289. The van der Waals surface area contributed by atoms with Gasteiger partial charge in [0.2, 0.25) is 0 Å². The first-order valence-corrected chi connectivity index (χ1v) is 5.06. The zero-order valence-corrected chi connectivity index (χ0v) is 9.25. The maximum Gasteiger partial charge on any atom is 0.121 e. The average Bonchev–Trinajstić information content (AvgIpc) is 2.21. The van der Waals surface area contributed by atoms with Crippen LogP contribution in [-0.2, 0) is 0 Å². The molecule has 0 aliphatic heterocycles. The van der Waals surface area contributed by atoms with Crippen molar-refractivity contribution in [3.63, 3.8) is 0 Å². The van der Waals surface area contributed by atoms with Gasteiger partial charge in [-0.25, -0.2) is 0 Å².